The third-order valence-electron chi connectivity index (χ3n) is 6.67. The van der Waals surface area contributed by atoms with Crippen molar-refractivity contribution in [1.29, 1.82) is 0 Å². The largest absolute Gasteiger partial charge is 0.444 e. The molecule has 4 rings (SSSR count). The van der Waals surface area contributed by atoms with E-state index in [1.807, 2.05) is 62.1 Å². The number of anilines is 1. The summed E-state index contributed by atoms with van der Waals surface area (Å²) in [6.07, 6.45) is 4.19. The Kier molecular flexibility index (Phi) is 8.04. The van der Waals surface area contributed by atoms with Crippen LogP contribution < -0.4 is 4.90 Å². The molecule has 0 N–H and O–H groups in total. The van der Waals surface area contributed by atoms with Crippen LogP contribution >= 0.6 is 11.6 Å². The minimum atomic E-state index is -0.574. The van der Waals surface area contributed by atoms with Gasteiger partial charge in [-0.05, 0) is 93.8 Å². The number of Topliss-reactive ketones (excluding diaryl/α,β-unsaturated/α-hetero) is 1. The lowest BCUT2D eigenvalue weighted by Gasteiger charge is -2.27. The van der Waals surface area contributed by atoms with Gasteiger partial charge in [0.15, 0.2) is 5.78 Å². The Morgan fingerprint density at radius 2 is 1.78 bits per heavy atom. The van der Waals surface area contributed by atoms with E-state index in [2.05, 4.69) is 0 Å². The van der Waals surface area contributed by atoms with E-state index in [0.29, 0.717) is 63.2 Å². The second kappa shape index (κ2) is 11.0. The molecule has 2 aromatic carbocycles. The van der Waals surface area contributed by atoms with E-state index in [1.165, 1.54) is 0 Å². The lowest BCUT2D eigenvalue weighted by Crippen LogP contribution is -2.38. The average molecular weight is 511 g/mol. The summed E-state index contributed by atoms with van der Waals surface area (Å²) in [7, 11) is 0. The molecule has 6 nitrogen and oxygen atoms in total. The number of rotatable bonds is 9. The van der Waals surface area contributed by atoms with Gasteiger partial charge in [0.1, 0.15) is 5.60 Å². The van der Waals surface area contributed by atoms with Crippen LogP contribution in [0.5, 0.6) is 0 Å². The molecular weight excluding hydrogens is 476 g/mol. The number of hydrogen-bond donors (Lipinski definition) is 0. The van der Waals surface area contributed by atoms with E-state index in [4.69, 9.17) is 16.3 Å². The number of amides is 2. The van der Waals surface area contributed by atoms with Crippen molar-refractivity contribution in [3.8, 4) is 0 Å². The van der Waals surface area contributed by atoms with Gasteiger partial charge in [0, 0.05) is 43.1 Å². The molecule has 2 aliphatic heterocycles. The van der Waals surface area contributed by atoms with Crippen molar-refractivity contribution in [1.82, 2.24) is 4.90 Å². The van der Waals surface area contributed by atoms with E-state index in [-0.39, 0.29) is 17.8 Å². The molecule has 0 fully saturated rings. The summed E-state index contributed by atoms with van der Waals surface area (Å²) >= 11 is 6.10. The van der Waals surface area contributed by atoms with Crippen molar-refractivity contribution in [2.75, 3.05) is 24.5 Å². The Morgan fingerprint density at radius 1 is 1.03 bits per heavy atom. The lowest BCUT2D eigenvalue weighted by molar-refractivity contribution is -0.118. The van der Waals surface area contributed by atoms with Gasteiger partial charge in [-0.25, -0.2) is 4.79 Å². The van der Waals surface area contributed by atoms with Crippen LogP contribution in [-0.4, -0.2) is 47.9 Å². The third-order valence-corrected chi connectivity index (χ3v) is 6.90. The lowest BCUT2D eigenvalue weighted by atomic mass is 9.94. The zero-order chi connectivity index (χ0) is 25.9. The minimum Gasteiger partial charge on any atom is -0.444 e. The van der Waals surface area contributed by atoms with Crippen LogP contribution in [0.4, 0.5) is 10.5 Å². The van der Waals surface area contributed by atoms with Crippen LogP contribution in [0.2, 0.25) is 5.02 Å². The normalized spacial score (nSPS) is 14.6. The molecule has 2 amide bonds. The van der Waals surface area contributed by atoms with Gasteiger partial charge in [-0.2, -0.15) is 0 Å². The predicted molar refractivity (Wildman–Crippen MR) is 142 cm³/mol. The van der Waals surface area contributed by atoms with Crippen LogP contribution in [0.3, 0.4) is 0 Å². The number of hydrogen-bond acceptors (Lipinski definition) is 4. The Morgan fingerprint density at radius 3 is 2.50 bits per heavy atom. The number of nitrogens with zero attached hydrogens (tertiary/aromatic N) is 2. The van der Waals surface area contributed by atoms with Crippen molar-refractivity contribution in [2.45, 2.75) is 71.3 Å². The minimum absolute atomic E-state index is 0.118. The summed E-state index contributed by atoms with van der Waals surface area (Å²) in [5.41, 5.74) is 4.49. The first-order valence-corrected chi connectivity index (χ1v) is 13.2. The Hall–Kier alpha value is -2.86. The number of aryl methyl sites for hydroxylation is 1. The first-order chi connectivity index (χ1) is 17.1. The molecule has 192 valence electrons. The molecule has 0 bridgehead atoms. The van der Waals surface area contributed by atoms with Gasteiger partial charge in [0.2, 0.25) is 5.91 Å². The monoisotopic (exact) mass is 510 g/mol. The number of halogens is 1. The summed E-state index contributed by atoms with van der Waals surface area (Å²) < 4.78 is 5.62. The summed E-state index contributed by atoms with van der Waals surface area (Å²) in [6, 6.07) is 11.6. The maximum absolute atomic E-state index is 13.0. The average Bonchev–Trinajstić information content (AvgIpc) is 3.25. The van der Waals surface area contributed by atoms with Crippen LogP contribution in [0.25, 0.3) is 0 Å². The number of ketones is 1. The molecule has 0 aromatic heterocycles. The Labute approximate surface area is 218 Å². The van der Waals surface area contributed by atoms with Gasteiger partial charge < -0.3 is 14.5 Å². The van der Waals surface area contributed by atoms with Crippen LogP contribution in [-0.2, 0) is 28.8 Å². The molecule has 0 saturated heterocycles. The van der Waals surface area contributed by atoms with Gasteiger partial charge in [0.25, 0.3) is 0 Å². The van der Waals surface area contributed by atoms with Gasteiger partial charge in [-0.15, -0.1) is 0 Å². The fraction of sp³-hybridized carbons (Fsp3) is 0.483. The van der Waals surface area contributed by atoms with Crippen LogP contribution in [0.15, 0.2) is 36.4 Å². The molecule has 36 heavy (non-hydrogen) atoms. The number of ether oxygens (including phenoxy) is 1. The fourth-order valence-electron chi connectivity index (χ4n) is 4.93. The fourth-order valence-corrected chi connectivity index (χ4v) is 5.14. The molecule has 2 aromatic rings. The van der Waals surface area contributed by atoms with Gasteiger partial charge >= 0.3 is 6.09 Å². The highest BCUT2D eigenvalue weighted by atomic mass is 35.5. The molecule has 7 heteroatoms. The second-order valence-corrected chi connectivity index (χ2v) is 11.1. The summed E-state index contributed by atoms with van der Waals surface area (Å²) in [5.74, 6) is 0.303. The smallest absolute Gasteiger partial charge is 0.410 e. The maximum atomic E-state index is 13.0. The molecular formula is C29H35ClN2O4. The summed E-state index contributed by atoms with van der Waals surface area (Å²) in [6.45, 7) is 7.34. The van der Waals surface area contributed by atoms with Crippen molar-refractivity contribution in [3.05, 3.63) is 63.7 Å². The molecule has 0 radical (unpaired) electrons. The van der Waals surface area contributed by atoms with Gasteiger partial charge in [-0.3, -0.25) is 9.59 Å². The van der Waals surface area contributed by atoms with E-state index >= 15 is 0 Å². The van der Waals surface area contributed by atoms with E-state index in [1.54, 1.807) is 4.90 Å². The first kappa shape index (κ1) is 26.2. The van der Waals surface area contributed by atoms with Gasteiger partial charge in [-0.1, -0.05) is 23.7 Å². The van der Waals surface area contributed by atoms with E-state index < -0.39 is 5.60 Å². The Bertz CT molecular complexity index is 1150. The molecule has 2 aliphatic rings. The number of carbonyl (C=O) groups excluding carboxylic acids is 3. The van der Waals surface area contributed by atoms with Crippen LogP contribution in [0, 0.1) is 0 Å². The first-order valence-electron chi connectivity index (χ1n) is 12.8. The predicted octanol–water partition coefficient (Wildman–Crippen LogP) is 6.01. The zero-order valence-corrected chi connectivity index (χ0v) is 22.2. The SMILES string of the molecule is CC(C)(C)OC(=O)N(CCCCC(=O)c1cc2c3c(c1)CCN3C(=O)CC2)CCc1cccc(Cl)c1. The van der Waals surface area contributed by atoms with E-state index in [9.17, 15) is 14.4 Å². The van der Waals surface area contributed by atoms with Crippen molar-refractivity contribution in [2.24, 2.45) is 0 Å². The zero-order valence-electron chi connectivity index (χ0n) is 21.4. The molecule has 0 saturated carbocycles. The molecule has 2 heterocycles. The molecule has 0 spiro atoms. The van der Waals surface area contributed by atoms with Crippen LogP contribution in [0.1, 0.15) is 73.5 Å². The number of carbonyl (C=O) groups is 3. The number of benzene rings is 2. The maximum Gasteiger partial charge on any atom is 0.410 e. The van der Waals surface area contributed by atoms with Gasteiger partial charge in [0.05, 0.1) is 5.69 Å². The molecule has 0 atom stereocenters. The van der Waals surface area contributed by atoms with E-state index in [0.717, 1.165) is 34.4 Å². The highest BCUT2D eigenvalue weighted by Crippen LogP contribution is 2.37. The molecule has 0 aliphatic carbocycles. The number of unbranched alkanes of at least 4 members (excludes halogenated alkanes) is 1. The van der Waals surface area contributed by atoms with Crippen molar-refractivity contribution < 1.29 is 19.1 Å². The van der Waals surface area contributed by atoms with Crippen molar-refractivity contribution in [3.63, 3.8) is 0 Å². The Balaban J connectivity index is 1.33. The third kappa shape index (κ3) is 6.47. The standard InChI is InChI=1S/C29H35ClN2O4/c1-29(2,3)36-28(35)31(15-12-20-7-6-8-24(30)17-20)14-5-4-9-25(33)23-18-21-10-11-26(34)32-16-13-22(19-23)27(21)32/h6-8,17-19H,4-5,9-16H2,1-3H3. The topological polar surface area (TPSA) is 66.9 Å². The highest BCUT2D eigenvalue weighted by molar-refractivity contribution is 6.30. The van der Waals surface area contributed by atoms with Crippen molar-refractivity contribution >= 4 is 35.1 Å². The summed E-state index contributed by atoms with van der Waals surface area (Å²) in [5, 5.41) is 0.676. The second-order valence-electron chi connectivity index (χ2n) is 10.7. The quantitative estimate of drug-likeness (QED) is 0.306. The summed E-state index contributed by atoms with van der Waals surface area (Å²) in [4.78, 5) is 41.5. The molecule has 0 unspecified atom stereocenters. The highest BCUT2D eigenvalue weighted by Gasteiger charge is 2.32.